The van der Waals surface area contributed by atoms with Crippen molar-refractivity contribution in [3.05, 3.63) is 47.8 Å². The van der Waals surface area contributed by atoms with E-state index in [1.165, 1.54) is 0 Å². The summed E-state index contributed by atoms with van der Waals surface area (Å²) in [6.45, 7) is 3.20. The second-order valence-corrected chi connectivity index (χ2v) is 6.75. The molecule has 8 heteroatoms. The first-order chi connectivity index (χ1) is 13.0. The number of hydrogen-bond acceptors (Lipinski definition) is 5. The fraction of sp³-hybridized carbons (Fsp3) is 0.474. The Balaban J connectivity index is 1.79. The highest BCUT2D eigenvalue weighted by molar-refractivity contribution is 5.90. The Morgan fingerprint density at radius 2 is 2.22 bits per heavy atom. The van der Waals surface area contributed by atoms with Gasteiger partial charge in [-0.15, -0.1) is 0 Å². The molecule has 27 heavy (non-hydrogen) atoms. The summed E-state index contributed by atoms with van der Waals surface area (Å²) < 4.78 is 6.99. The van der Waals surface area contributed by atoms with Crippen LogP contribution < -0.4 is 5.32 Å². The summed E-state index contributed by atoms with van der Waals surface area (Å²) in [7, 11) is 3.46. The molecule has 1 aliphatic rings. The summed E-state index contributed by atoms with van der Waals surface area (Å²) in [5.41, 5.74) is 2.02. The minimum absolute atomic E-state index is 0.0576. The lowest BCUT2D eigenvalue weighted by Gasteiger charge is -2.27. The number of aryl methyl sites for hydroxylation is 2. The second-order valence-electron chi connectivity index (χ2n) is 6.75. The predicted molar refractivity (Wildman–Crippen MR) is 98.5 cm³/mol. The summed E-state index contributed by atoms with van der Waals surface area (Å²) >= 11 is 0. The van der Waals surface area contributed by atoms with Crippen LogP contribution in [-0.2, 0) is 27.9 Å². The molecule has 0 radical (unpaired) electrons. The topological polar surface area (TPSA) is 89.3 Å². The molecule has 0 bridgehead atoms. The van der Waals surface area contributed by atoms with E-state index >= 15 is 0 Å². The van der Waals surface area contributed by atoms with Crippen LogP contribution >= 0.6 is 0 Å². The van der Waals surface area contributed by atoms with E-state index in [-0.39, 0.29) is 18.2 Å². The van der Waals surface area contributed by atoms with Crippen molar-refractivity contribution in [2.45, 2.75) is 25.9 Å². The van der Waals surface area contributed by atoms with Crippen LogP contribution in [0.1, 0.15) is 29.4 Å². The van der Waals surface area contributed by atoms with Crippen LogP contribution in [0, 0.1) is 12.8 Å². The smallest absolute Gasteiger partial charge is 0.226 e. The molecule has 2 aromatic rings. The molecule has 0 aromatic carbocycles. The van der Waals surface area contributed by atoms with Crippen molar-refractivity contribution in [3.63, 3.8) is 0 Å². The fourth-order valence-corrected chi connectivity index (χ4v) is 3.46. The first kappa shape index (κ1) is 19.0. The van der Waals surface area contributed by atoms with Crippen molar-refractivity contribution in [2.24, 2.45) is 13.0 Å². The first-order valence-corrected chi connectivity index (χ1v) is 8.95. The number of hydrogen-bond donors (Lipinski definition) is 1. The number of nitrogens with zero attached hydrogens (tertiary/aromatic N) is 4. The Morgan fingerprint density at radius 3 is 2.89 bits per heavy atom. The third-order valence-electron chi connectivity index (χ3n) is 5.03. The van der Waals surface area contributed by atoms with Gasteiger partial charge in [0.1, 0.15) is 11.9 Å². The average Bonchev–Trinajstić information content (AvgIpc) is 3.21. The molecule has 8 nitrogen and oxygen atoms in total. The molecule has 1 saturated heterocycles. The Labute approximate surface area is 158 Å². The number of nitrogens with one attached hydrogen (secondary N) is 1. The quantitative estimate of drug-likeness (QED) is 0.784. The highest BCUT2D eigenvalue weighted by Gasteiger charge is 2.46. The maximum Gasteiger partial charge on any atom is 0.226 e. The van der Waals surface area contributed by atoms with Crippen molar-refractivity contribution in [1.82, 2.24) is 24.8 Å². The molecule has 0 spiro atoms. The lowest BCUT2D eigenvalue weighted by atomic mass is 9.98. The molecule has 2 amide bonds. The average molecular weight is 371 g/mol. The SMILES string of the molecule is COCCN1C(=O)C[C@H](C(=O)NCc2cnccc2C)[C@H]1c1nccn1C. The fourth-order valence-electron chi connectivity index (χ4n) is 3.46. The van der Waals surface area contributed by atoms with Crippen molar-refractivity contribution >= 4 is 11.8 Å². The van der Waals surface area contributed by atoms with E-state index in [1.54, 1.807) is 30.6 Å². The van der Waals surface area contributed by atoms with Crippen LogP contribution in [0.2, 0.25) is 0 Å². The third-order valence-corrected chi connectivity index (χ3v) is 5.03. The number of rotatable bonds is 7. The lowest BCUT2D eigenvalue weighted by Crippen LogP contribution is -2.38. The molecule has 2 aromatic heterocycles. The van der Waals surface area contributed by atoms with Gasteiger partial charge in [0.25, 0.3) is 0 Å². The zero-order valence-electron chi connectivity index (χ0n) is 15.9. The van der Waals surface area contributed by atoms with Gasteiger partial charge in [-0.2, -0.15) is 0 Å². The number of pyridine rings is 1. The highest BCUT2D eigenvalue weighted by Crippen LogP contribution is 2.37. The lowest BCUT2D eigenvalue weighted by molar-refractivity contribution is -0.129. The Morgan fingerprint density at radius 1 is 1.41 bits per heavy atom. The summed E-state index contributed by atoms with van der Waals surface area (Å²) in [6.07, 6.45) is 7.14. The standard InChI is InChI=1S/C19H25N5O3/c1-13-4-5-20-11-14(13)12-22-19(26)15-10-16(25)24(8-9-27-3)17(15)18-21-6-7-23(18)2/h4-7,11,15,17H,8-10,12H2,1-3H3,(H,22,26)/t15-,17-/m0/s1. The summed E-state index contributed by atoms with van der Waals surface area (Å²) in [5.74, 6) is -0.000580. The monoisotopic (exact) mass is 371 g/mol. The van der Waals surface area contributed by atoms with Gasteiger partial charge >= 0.3 is 0 Å². The van der Waals surface area contributed by atoms with Crippen molar-refractivity contribution in [3.8, 4) is 0 Å². The minimum Gasteiger partial charge on any atom is -0.383 e. The number of amides is 2. The predicted octanol–water partition coefficient (Wildman–Crippen LogP) is 0.976. The Hall–Kier alpha value is -2.74. The number of methoxy groups -OCH3 is 1. The molecule has 1 aliphatic heterocycles. The summed E-state index contributed by atoms with van der Waals surface area (Å²) in [4.78, 5) is 35.7. The van der Waals surface area contributed by atoms with Crippen molar-refractivity contribution in [1.29, 1.82) is 0 Å². The van der Waals surface area contributed by atoms with Crippen LogP contribution in [0.25, 0.3) is 0 Å². The van der Waals surface area contributed by atoms with E-state index in [9.17, 15) is 9.59 Å². The number of carbonyl (C=O) groups is 2. The molecule has 0 unspecified atom stereocenters. The zero-order valence-corrected chi connectivity index (χ0v) is 15.9. The molecule has 1 fully saturated rings. The molecule has 3 rings (SSSR count). The normalized spacial score (nSPS) is 19.5. The Bertz CT molecular complexity index is 819. The van der Waals surface area contributed by atoms with E-state index in [0.717, 1.165) is 11.1 Å². The zero-order chi connectivity index (χ0) is 19.4. The van der Waals surface area contributed by atoms with Gasteiger partial charge in [0, 0.05) is 58.5 Å². The van der Waals surface area contributed by atoms with Gasteiger partial charge in [0.2, 0.25) is 11.8 Å². The van der Waals surface area contributed by atoms with E-state index in [4.69, 9.17) is 4.74 Å². The maximum atomic E-state index is 12.9. The van der Waals surface area contributed by atoms with Gasteiger partial charge in [-0.05, 0) is 24.1 Å². The summed E-state index contributed by atoms with van der Waals surface area (Å²) in [6, 6.07) is 1.51. The maximum absolute atomic E-state index is 12.9. The van der Waals surface area contributed by atoms with Crippen molar-refractivity contribution in [2.75, 3.05) is 20.3 Å². The van der Waals surface area contributed by atoms with Gasteiger partial charge in [-0.1, -0.05) is 0 Å². The Kier molecular flexibility index (Phi) is 5.85. The first-order valence-electron chi connectivity index (χ1n) is 8.95. The van der Waals surface area contributed by atoms with Crippen LogP contribution in [-0.4, -0.2) is 51.5 Å². The molecule has 2 atom stereocenters. The van der Waals surface area contributed by atoms with Gasteiger partial charge in [-0.25, -0.2) is 4.98 Å². The molecular weight excluding hydrogens is 346 g/mol. The van der Waals surface area contributed by atoms with Gasteiger partial charge in [-0.3, -0.25) is 14.6 Å². The number of carbonyl (C=O) groups excluding carboxylic acids is 2. The van der Waals surface area contributed by atoms with Crippen molar-refractivity contribution < 1.29 is 14.3 Å². The number of aromatic nitrogens is 3. The number of likely N-dealkylation sites (tertiary alicyclic amines) is 1. The molecular formula is C19H25N5O3. The molecule has 0 aliphatic carbocycles. The number of ether oxygens (including phenoxy) is 1. The molecule has 1 N–H and O–H groups in total. The van der Waals surface area contributed by atoms with E-state index in [1.807, 2.05) is 30.8 Å². The van der Waals surface area contributed by atoms with Gasteiger partial charge in [0.05, 0.1) is 12.5 Å². The van der Waals surface area contributed by atoms with Crippen LogP contribution in [0.4, 0.5) is 0 Å². The second kappa shape index (κ2) is 8.30. The molecule has 3 heterocycles. The minimum atomic E-state index is -0.493. The van der Waals surface area contributed by atoms with E-state index < -0.39 is 12.0 Å². The van der Waals surface area contributed by atoms with Crippen LogP contribution in [0.3, 0.4) is 0 Å². The van der Waals surface area contributed by atoms with Crippen LogP contribution in [0.15, 0.2) is 30.9 Å². The van der Waals surface area contributed by atoms with Gasteiger partial charge < -0.3 is 19.5 Å². The molecule has 144 valence electrons. The number of imidazole rings is 1. The largest absolute Gasteiger partial charge is 0.383 e. The van der Waals surface area contributed by atoms with Crippen LogP contribution in [0.5, 0.6) is 0 Å². The molecule has 0 saturated carbocycles. The summed E-state index contributed by atoms with van der Waals surface area (Å²) in [5, 5.41) is 2.96. The van der Waals surface area contributed by atoms with E-state index in [0.29, 0.717) is 25.5 Å². The highest BCUT2D eigenvalue weighted by atomic mass is 16.5. The third kappa shape index (κ3) is 4.00. The van der Waals surface area contributed by atoms with Gasteiger partial charge in [0.15, 0.2) is 0 Å². The van der Waals surface area contributed by atoms with E-state index in [2.05, 4.69) is 15.3 Å².